The van der Waals surface area contributed by atoms with Crippen molar-refractivity contribution in [2.75, 3.05) is 32.2 Å². The SMILES string of the molecule is CCOC(=O)/C=C(/C(Nc1ccc(OC)cc1)C(F)(F)F)P(=O)(OCC)OCC. The standard InChI is InChI=1S/C18H25F3NO6P/c1-5-26-16(23)12-15(29(24,27-6-2)28-7-3)17(18(19,20)21)22-13-8-10-14(25-4)11-9-13/h8-12,17,22H,5-7H2,1-4H3/b15-12-. The molecule has 0 fully saturated rings. The Morgan fingerprint density at radius 2 is 1.66 bits per heavy atom. The maximum atomic E-state index is 13.9. The van der Waals surface area contributed by atoms with Crippen molar-refractivity contribution >= 4 is 19.3 Å². The van der Waals surface area contributed by atoms with Gasteiger partial charge in [0.25, 0.3) is 0 Å². The molecule has 1 N–H and O–H groups in total. The van der Waals surface area contributed by atoms with Gasteiger partial charge in [-0.25, -0.2) is 4.79 Å². The second-order valence-corrected chi connectivity index (χ2v) is 7.53. The molecule has 1 unspecified atom stereocenters. The van der Waals surface area contributed by atoms with E-state index in [1.54, 1.807) is 0 Å². The summed E-state index contributed by atoms with van der Waals surface area (Å²) in [4.78, 5) is 11.9. The van der Waals surface area contributed by atoms with E-state index in [0.717, 1.165) is 0 Å². The Hall–Kier alpha value is -2.03. The first kappa shape index (κ1) is 25.0. The van der Waals surface area contributed by atoms with Gasteiger partial charge in [-0.15, -0.1) is 0 Å². The van der Waals surface area contributed by atoms with Crippen LogP contribution in [-0.4, -0.2) is 45.1 Å². The van der Waals surface area contributed by atoms with Crippen LogP contribution in [0.1, 0.15) is 20.8 Å². The lowest BCUT2D eigenvalue weighted by atomic mass is 10.2. The second kappa shape index (κ2) is 11.2. The van der Waals surface area contributed by atoms with Crippen LogP contribution in [-0.2, 0) is 23.1 Å². The van der Waals surface area contributed by atoms with Gasteiger partial charge in [0.05, 0.1) is 32.2 Å². The van der Waals surface area contributed by atoms with Crippen LogP contribution in [0.4, 0.5) is 18.9 Å². The molecule has 1 aromatic rings. The lowest BCUT2D eigenvalue weighted by Gasteiger charge is -2.29. The van der Waals surface area contributed by atoms with Crippen LogP contribution in [0.3, 0.4) is 0 Å². The van der Waals surface area contributed by atoms with E-state index in [1.165, 1.54) is 52.1 Å². The zero-order valence-corrected chi connectivity index (χ0v) is 17.5. The lowest BCUT2D eigenvalue weighted by molar-refractivity contribution is -0.138. The minimum atomic E-state index is -4.93. The molecule has 29 heavy (non-hydrogen) atoms. The van der Waals surface area contributed by atoms with Crippen LogP contribution in [0, 0.1) is 0 Å². The zero-order chi connectivity index (χ0) is 22.1. The smallest absolute Gasteiger partial charge is 0.413 e. The fraction of sp³-hybridized carbons (Fsp3) is 0.500. The predicted octanol–water partition coefficient (Wildman–Crippen LogP) is 4.75. The zero-order valence-electron chi connectivity index (χ0n) is 16.6. The van der Waals surface area contributed by atoms with E-state index in [4.69, 9.17) is 18.5 Å². The monoisotopic (exact) mass is 439 g/mol. The Morgan fingerprint density at radius 1 is 1.10 bits per heavy atom. The van der Waals surface area contributed by atoms with Crippen LogP contribution in [0.5, 0.6) is 5.75 Å². The van der Waals surface area contributed by atoms with E-state index in [-0.39, 0.29) is 25.5 Å². The van der Waals surface area contributed by atoms with Gasteiger partial charge in [0.1, 0.15) is 5.75 Å². The maximum Gasteiger partial charge on any atom is 0.413 e. The fourth-order valence-electron chi connectivity index (χ4n) is 2.33. The Balaban J connectivity index is 3.49. The van der Waals surface area contributed by atoms with E-state index in [9.17, 15) is 22.5 Å². The molecule has 7 nitrogen and oxygen atoms in total. The van der Waals surface area contributed by atoms with Crippen molar-refractivity contribution in [3.8, 4) is 5.75 Å². The summed E-state index contributed by atoms with van der Waals surface area (Å²) in [5.74, 6) is -0.649. The van der Waals surface area contributed by atoms with E-state index in [0.29, 0.717) is 11.8 Å². The Bertz CT molecular complexity index is 726. The molecule has 0 bridgehead atoms. The number of nitrogens with one attached hydrogen (secondary N) is 1. The van der Waals surface area contributed by atoms with Crippen molar-refractivity contribution in [1.82, 2.24) is 0 Å². The summed E-state index contributed by atoms with van der Waals surface area (Å²) in [7, 11) is -3.04. The molecule has 1 rings (SSSR count). The van der Waals surface area contributed by atoms with Gasteiger partial charge in [0, 0.05) is 11.8 Å². The molecular weight excluding hydrogens is 414 g/mol. The third kappa shape index (κ3) is 7.38. The number of carbonyl (C=O) groups is 1. The third-order valence-corrected chi connectivity index (χ3v) is 5.71. The molecule has 0 aliphatic rings. The third-order valence-electron chi connectivity index (χ3n) is 3.49. The van der Waals surface area contributed by atoms with Gasteiger partial charge >= 0.3 is 19.7 Å². The number of hydrogen-bond donors (Lipinski definition) is 1. The summed E-state index contributed by atoms with van der Waals surface area (Å²) >= 11 is 0. The lowest BCUT2D eigenvalue weighted by Crippen LogP contribution is -2.38. The molecule has 0 aliphatic carbocycles. The van der Waals surface area contributed by atoms with Gasteiger partial charge in [0.15, 0.2) is 6.04 Å². The maximum absolute atomic E-state index is 13.9. The van der Waals surface area contributed by atoms with Crippen molar-refractivity contribution in [2.24, 2.45) is 0 Å². The summed E-state index contributed by atoms with van der Waals surface area (Å²) in [6.45, 7) is 3.95. The Labute approximate surface area is 167 Å². The molecule has 0 aliphatic heterocycles. The molecule has 0 aromatic heterocycles. The number of anilines is 1. The number of rotatable bonds is 11. The van der Waals surface area contributed by atoms with Gasteiger partial charge in [-0.2, -0.15) is 13.2 Å². The van der Waals surface area contributed by atoms with Crippen molar-refractivity contribution in [1.29, 1.82) is 0 Å². The molecular formula is C18H25F3NO6P. The highest BCUT2D eigenvalue weighted by Crippen LogP contribution is 2.59. The van der Waals surface area contributed by atoms with Crippen LogP contribution in [0.25, 0.3) is 0 Å². The highest BCUT2D eigenvalue weighted by molar-refractivity contribution is 7.58. The number of esters is 1. The number of hydrogen-bond acceptors (Lipinski definition) is 7. The van der Waals surface area contributed by atoms with Crippen LogP contribution in [0.15, 0.2) is 35.7 Å². The second-order valence-electron chi connectivity index (χ2n) is 5.50. The van der Waals surface area contributed by atoms with E-state index < -0.39 is 31.1 Å². The Morgan fingerprint density at radius 3 is 2.07 bits per heavy atom. The van der Waals surface area contributed by atoms with Gasteiger partial charge in [-0.05, 0) is 45.0 Å². The van der Waals surface area contributed by atoms with Gasteiger partial charge in [0.2, 0.25) is 0 Å². The number of methoxy groups -OCH3 is 1. The summed E-state index contributed by atoms with van der Waals surface area (Å²) in [5, 5.41) is 1.37. The highest BCUT2D eigenvalue weighted by atomic mass is 31.2. The number of ether oxygens (including phenoxy) is 2. The molecule has 0 amide bonds. The molecule has 11 heteroatoms. The molecule has 164 valence electrons. The molecule has 1 aromatic carbocycles. The van der Waals surface area contributed by atoms with E-state index >= 15 is 0 Å². The average Bonchev–Trinajstić information content (AvgIpc) is 2.64. The Kier molecular flexibility index (Phi) is 9.68. The predicted molar refractivity (Wildman–Crippen MR) is 102 cm³/mol. The minimum absolute atomic E-state index is 0.0578. The summed E-state index contributed by atoms with van der Waals surface area (Å²) in [5.41, 5.74) is 0.0578. The molecule has 0 spiro atoms. The fourth-order valence-corrected chi connectivity index (χ4v) is 4.17. The van der Waals surface area contributed by atoms with Crippen molar-refractivity contribution in [2.45, 2.75) is 33.0 Å². The minimum Gasteiger partial charge on any atom is -0.497 e. The molecule has 0 saturated carbocycles. The first-order chi connectivity index (χ1) is 13.6. The average molecular weight is 439 g/mol. The van der Waals surface area contributed by atoms with E-state index in [2.05, 4.69) is 5.32 Å². The normalized spacial score (nSPS) is 13.7. The van der Waals surface area contributed by atoms with Crippen molar-refractivity contribution < 1.29 is 41.1 Å². The summed E-state index contributed by atoms with van der Waals surface area (Å²) < 4.78 is 74.8. The van der Waals surface area contributed by atoms with Gasteiger partial charge in [-0.1, -0.05) is 0 Å². The number of benzene rings is 1. The van der Waals surface area contributed by atoms with Crippen LogP contribution < -0.4 is 10.1 Å². The van der Waals surface area contributed by atoms with Crippen molar-refractivity contribution in [3.05, 3.63) is 35.7 Å². The topological polar surface area (TPSA) is 83.1 Å². The van der Waals surface area contributed by atoms with Gasteiger partial charge < -0.3 is 23.8 Å². The van der Waals surface area contributed by atoms with Crippen LogP contribution >= 0.6 is 7.60 Å². The molecule has 1 atom stereocenters. The van der Waals surface area contributed by atoms with Crippen LogP contribution in [0.2, 0.25) is 0 Å². The largest absolute Gasteiger partial charge is 0.497 e. The van der Waals surface area contributed by atoms with Gasteiger partial charge in [-0.3, -0.25) is 4.57 Å². The molecule has 0 heterocycles. The molecule has 0 saturated heterocycles. The molecule has 0 radical (unpaired) electrons. The number of carbonyl (C=O) groups excluding carboxylic acids is 1. The van der Waals surface area contributed by atoms with Crippen molar-refractivity contribution in [3.63, 3.8) is 0 Å². The van der Waals surface area contributed by atoms with E-state index in [1.807, 2.05) is 0 Å². The first-order valence-corrected chi connectivity index (χ1v) is 10.4. The number of alkyl halides is 3. The summed E-state index contributed by atoms with van der Waals surface area (Å²) in [6, 6.07) is 3.09. The quantitative estimate of drug-likeness (QED) is 0.303. The summed E-state index contributed by atoms with van der Waals surface area (Å²) in [6.07, 6.45) is -4.41. The number of halogens is 3. The highest BCUT2D eigenvalue weighted by Gasteiger charge is 2.50. The first-order valence-electron chi connectivity index (χ1n) is 8.86.